The Labute approximate surface area is 328 Å². The maximum atomic E-state index is 6.37. The molecule has 0 saturated carbocycles. The molecule has 4 heterocycles. The highest BCUT2D eigenvalue weighted by Crippen LogP contribution is 2.41. The lowest BCUT2D eigenvalue weighted by atomic mass is 9.94. The molecule has 0 aliphatic heterocycles. The van der Waals surface area contributed by atoms with Crippen LogP contribution in [0.4, 0.5) is 17.1 Å². The first-order valence-corrected chi connectivity index (χ1v) is 19.0. The number of benzene rings is 7. The van der Waals surface area contributed by atoms with Gasteiger partial charge in [-0.3, -0.25) is 9.97 Å². The summed E-state index contributed by atoms with van der Waals surface area (Å²) in [5.74, 6) is 0. The van der Waals surface area contributed by atoms with Crippen molar-refractivity contribution in [1.29, 1.82) is 0 Å². The van der Waals surface area contributed by atoms with Crippen LogP contribution in [0, 0.1) is 0 Å². The van der Waals surface area contributed by atoms with Gasteiger partial charge in [0, 0.05) is 62.9 Å². The second kappa shape index (κ2) is 13.5. The van der Waals surface area contributed by atoms with Gasteiger partial charge in [-0.2, -0.15) is 0 Å². The Balaban J connectivity index is 1.00. The summed E-state index contributed by atoms with van der Waals surface area (Å²) in [5, 5.41) is 3.09. The van der Waals surface area contributed by atoms with Gasteiger partial charge in [0.1, 0.15) is 22.3 Å². The zero-order valence-electron chi connectivity index (χ0n) is 30.7. The lowest BCUT2D eigenvalue weighted by molar-refractivity contribution is 0.669. The van der Waals surface area contributed by atoms with Gasteiger partial charge in [0.2, 0.25) is 0 Å². The Morgan fingerprint density at radius 3 is 1.49 bits per heavy atom. The zero-order chi connectivity index (χ0) is 37.7. The number of anilines is 3. The van der Waals surface area contributed by atoms with Gasteiger partial charge in [-0.25, -0.2) is 0 Å². The Morgan fingerprint density at radius 1 is 0.351 bits per heavy atom. The van der Waals surface area contributed by atoms with Crippen molar-refractivity contribution < 1.29 is 8.83 Å². The van der Waals surface area contributed by atoms with E-state index in [1.165, 1.54) is 16.7 Å². The largest absolute Gasteiger partial charge is 0.455 e. The molecule has 268 valence electrons. The first-order chi connectivity index (χ1) is 28.3. The van der Waals surface area contributed by atoms with Crippen LogP contribution in [0.3, 0.4) is 0 Å². The van der Waals surface area contributed by atoms with E-state index in [1.807, 2.05) is 61.1 Å². The molecule has 0 radical (unpaired) electrons. The number of rotatable bonds is 7. The van der Waals surface area contributed by atoms with Gasteiger partial charge in [0.15, 0.2) is 5.58 Å². The maximum absolute atomic E-state index is 6.37. The van der Waals surface area contributed by atoms with E-state index >= 15 is 0 Å². The summed E-state index contributed by atoms with van der Waals surface area (Å²) in [6.45, 7) is 0. The van der Waals surface area contributed by atoms with Crippen LogP contribution in [-0.2, 0) is 0 Å². The van der Waals surface area contributed by atoms with E-state index in [0.717, 1.165) is 88.9 Å². The van der Waals surface area contributed by atoms with Gasteiger partial charge in [-0.1, -0.05) is 121 Å². The van der Waals surface area contributed by atoms with Crippen molar-refractivity contribution in [3.63, 3.8) is 0 Å². The first kappa shape index (κ1) is 32.7. The summed E-state index contributed by atoms with van der Waals surface area (Å²) in [6, 6.07) is 63.5. The van der Waals surface area contributed by atoms with Crippen molar-refractivity contribution in [2.45, 2.75) is 0 Å². The fourth-order valence-electron chi connectivity index (χ4n) is 8.10. The smallest absolute Gasteiger partial charge is 0.161 e. The van der Waals surface area contributed by atoms with Crippen LogP contribution >= 0.6 is 0 Å². The second-order valence-corrected chi connectivity index (χ2v) is 14.2. The molecular formula is C52H33N3O2. The summed E-state index contributed by atoms with van der Waals surface area (Å²) in [4.78, 5) is 11.6. The monoisotopic (exact) mass is 731 g/mol. The molecule has 0 atom stereocenters. The number of hydrogen-bond acceptors (Lipinski definition) is 5. The minimum atomic E-state index is 0.791. The van der Waals surface area contributed by atoms with Crippen molar-refractivity contribution in [2.75, 3.05) is 4.90 Å². The quantitative estimate of drug-likeness (QED) is 0.163. The van der Waals surface area contributed by atoms with Crippen molar-refractivity contribution in [2.24, 2.45) is 0 Å². The van der Waals surface area contributed by atoms with Crippen LogP contribution in [0.15, 0.2) is 209 Å². The molecule has 0 saturated heterocycles. The molecule has 0 N–H and O–H groups in total. The maximum Gasteiger partial charge on any atom is 0.161 e. The Kier molecular flexibility index (Phi) is 7.74. The van der Waals surface area contributed by atoms with Crippen molar-refractivity contribution >= 4 is 61.1 Å². The molecule has 0 amide bonds. The van der Waals surface area contributed by atoms with Crippen LogP contribution in [0.2, 0.25) is 0 Å². The predicted octanol–water partition coefficient (Wildman–Crippen LogP) is 14.4. The molecule has 0 spiro atoms. The van der Waals surface area contributed by atoms with Gasteiger partial charge in [0.05, 0.1) is 0 Å². The summed E-state index contributed by atoms with van der Waals surface area (Å²) in [6.07, 6.45) is 5.64. The lowest BCUT2D eigenvalue weighted by Gasteiger charge is -2.26. The van der Waals surface area contributed by atoms with Crippen LogP contribution < -0.4 is 4.90 Å². The van der Waals surface area contributed by atoms with Gasteiger partial charge in [-0.15, -0.1) is 0 Å². The van der Waals surface area contributed by atoms with Crippen LogP contribution in [0.5, 0.6) is 0 Å². The van der Waals surface area contributed by atoms with Crippen LogP contribution in [0.25, 0.3) is 88.5 Å². The number of aromatic nitrogens is 2. The third kappa shape index (κ3) is 5.64. The van der Waals surface area contributed by atoms with E-state index in [-0.39, 0.29) is 0 Å². The van der Waals surface area contributed by atoms with E-state index in [4.69, 9.17) is 8.83 Å². The molecule has 0 aliphatic rings. The molecule has 0 bridgehead atoms. The Bertz CT molecular complexity index is 3060. The van der Waals surface area contributed by atoms with Crippen LogP contribution in [-0.4, -0.2) is 9.97 Å². The molecular weight excluding hydrogens is 699 g/mol. The highest BCUT2D eigenvalue weighted by Gasteiger charge is 2.18. The predicted molar refractivity (Wildman–Crippen MR) is 233 cm³/mol. The second-order valence-electron chi connectivity index (χ2n) is 14.2. The number of furan rings is 2. The minimum Gasteiger partial charge on any atom is -0.455 e. The Morgan fingerprint density at radius 2 is 0.842 bits per heavy atom. The molecule has 11 rings (SSSR count). The average Bonchev–Trinajstić information content (AvgIpc) is 3.87. The minimum absolute atomic E-state index is 0.791. The number of hydrogen-bond donors (Lipinski definition) is 0. The number of fused-ring (bicyclic) bond motifs is 6. The fraction of sp³-hybridized carbons (Fsp3) is 0. The van der Waals surface area contributed by atoms with E-state index < -0.39 is 0 Å². The van der Waals surface area contributed by atoms with Crippen LogP contribution in [0.1, 0.15) is 0 Å². The Hall–Kier alpha value is -7.76. The van der Waals surface area contributed by atoms with Crippen molar-refractivity contribution in [3.05, 3.63) is 201 Å². The SMILES string of the molecule is c1ccc(-c2ccccc2-c2ccc(N(c3ccc(-c4cncc5c4oc4ccccc45)cc3)c3ccc(-c4ccnc5c4oc4ccccc45)cc3)cc2)cc1. The molecule has 0 fully saturated rings. The average molecular weight is 732 g/mol. The summed E-state index contributed by atoms with van der Waals surface area (Å²) in [5.41, 5.74) is 16.1. The van der Waals surface area contributed by atoms with Crippen molar-refractivity contribution in [1.82, 2.24) is 9.97 Å². The molecule has 11 aromatic rings. The van der Waals surface area contributed by atoms with Gasteiger partial charge >= 0.3 is 0 Å². The third-order valence-corrected chi connectivity index (χ3v) is 10.9. The highest BCUT2D eigenvalue weighted by atomic mass is 16.3. The molecule has 57 heavy (non-hydrogen) atoms. The highest BCUT2D eigenvalue weighted by molar-refractivity contribution is 6.09. The zero-order valence-corrected chi connectivity index (χ0v) is 30.7. The molecule has 0 unspecified atom stereocenters. The summed E-state index contributed by atoms with van der Waals surface area (Å²) >= 11 is 0. The summed E-state index contributed by atoms with van der Waals surface area (Å²) in [7, 11) is 0. The van der Waals surface area contributed by atoms with E-state index in [1.54, 1.807) is 0 Å². The fourth-order valence-corrected chi connectivity index (χ4v) is 8.10. The number of nitrogens with zero attached hydrogens (tertiary/aromatic N) is 3. The van der Waals surface area contributed by atoms with E-state index in [0.29, 0.717) is 0 Å². The topological polar surface area (TPSA) is 55.3 Å². The standard InChI is InChI=1S/C52H33N3O2/c1-2-10-34(11-3-1)41-12-4-5-13-42(41)35-18-24-38(25-19-35)55(39-26-20-36(21-27-39)43-30-31-54-50-45-15-7-9-17-49(45)57-52(43)50)40-28-22-37(23-29-40)46-32-53-33-47-44-14-6-8-16-48(44)56-51(46)47/h1-33H. The lowest BCUT2D eigenvalue weighted by Crippen LogP contribution is -2.09. The number of pyridine rings is 2. The van der Waals surface area contributed by atoms with Crippen molar-refractivity contribution in [3.8, 4) is 44.5 Å². The number of para-hydroxylation sites is 2. The summed E-state index contributed by atoms with van der Waals surface area (Å²) < 4.78 is 12.7. The molecule has 5 heteroatoms. The first-order valence-electron chi connectivity index (χ1n) is 19.0. The van der Waals surface area contributed by atoms with Gasteiger partial charge in [-0.05, 0) is 94.0 Å². The molecule has 7 aromatic carbocycles. The normalized spacial score (nSPS) is 11.5. The molecule has 0 aliphatic carbocycles. The molecule has 4 aromatic heterocycles. The van der Waals surface area contributed by atoms with E-state index in [9.17, 15) is 0 Å². The van der Waals surface area contributed by atoms with Gasteiger partial charge < -0.3 is 13.7 Å². The molecule has 5 nitrogen and oxygen atoms in total. The third-order valence-electron chi connectivity index (χ3n) is 10.9. The van der Waals surface area contributed by atoms with E-state index in [2.05, 4.69) is 154 Å². The van der Waals surface area contributed by atoms with Gasteiger partial charge in [0.25, 0.3) is 0 Å².